The molecule has 1 aromatic carbocycles. The fraction of sp³-hybridized carbons (Fsp3) is 0.500. The number of anilines is 2. The van der Waals surface area contributed by atoms with Crippen molar-refractivity contribution in [3.63, 3.8) is 0 Å². The molecule has 0 radical (unpaired) electrons. The third-order valence-electron chi connectivity index (χ3n) is 5.63. The van der Waals surface area contributed by atoms with Gasteiger partial charge in [0.1, 0.15) is 11.6 Å². The largest absolute Gasteiger partial charge is 0.354 e. The summed E-state index contributed by atoms with van der Waals surface area (Å²) in [5.41, 5.74) is 2.67. The summed E-state index contributed by atoms with van der Waals surface area (Å²) in [6, 6.07) is 9.71. The first-order chi connectivity index (χ1) is 15.3. The van der Waals surface area contributed by atoms with Gasteiger partial charge in [-0.2, -0.15) is 5.26 Å². The van der Waals surface area contributed by atoms with Crippen LogP contribution in [0.15, 0.2) is 24.3 Å². The number of hydrogen-bond donors (Lipinski definition) is 0. The second kappa shape index (κ2) is 10.8. The Balaban J connectivity index is 1.64. The minimum absolute atomic E-state index is 0.00426. The van der Waals surface area contributed by atoms with E-state index in [2.05, 4.69) is 34.7 Å². The quantitative estimate of drug-likeness (QED) is 0.630. The summed E-state index contributed by atoms with van der Waals surface area (Å²) in [4.78, 5) is 28.5. The molecule has 8 heteroatoms. The molecule has 0 N–H and O–H groups in total. The molecule has 0 aliphatic carbocycles. The van der Waals surface area contributed by atoms with Crippen LogP contribution in [0.2, 0.25) is 5.02 Å². The van der Waals surface area contributed by atoms with Gasteiger partial charge in [-0.05, 0) is 37.6 Å². The maximum absolute atomic E-state index is 13.1. The van der Waals surface area contributed by atoms with Gasteiger partial charge < -0.3 is 9.80 Å². The summed E-state index contributed by atoms with van der Waals surface area (Å²) in [6.45, 7) is 12.0. The van der Waals surface area contributed by atoms with Gasteiger partial charge in [-0.15, -0.1) is 0 Å². The van der Waals surface area contributed by atoms with Gasteiger partial charge in [-0.3, -0.25) is 9.69 Å². The van der Waals surface area contributed by atoms with Crippen LogP contribution >= 0.6 is 11.6 Å². The van der Waals surface area contributed by atoms with Crippen LogP contribution in [0.4, 0.5) is 11.5 Å². The second-order valence-corrected chi connectivity index (χ2v) is 8.94. The minimum Gasteiger partial charge on any atom is -0.354 e. The smallest absolute Gasteiger partial charge is 0.241 e. The lowest BCUT2D eigenvalue weighted by molar-refractivity contribution is -0.119. The van der Waals surface area contributed by atoms with E-state index in [9.17, 15) is 4.79 Å². The molecule has 2 heterocycles. The van der Waals surface area contributed by atoms with Crippen LogP contribution in [-0.2, 0) is 4.79 Å². The van der Waals surface area contributed by atoms with E-state index < -0.39 is 0 Å². The first-order valence-corrected chi connectivity index (χ1v) is 11.4. The molecule has 0 saturated carbocycles. The zero-order valence-corrected chi connectivity index (χ0v) is 20.1. The first kappa shape index (κ1) is 24.0. The van der Waals surface area contributed by atoms with Crippen molar-refractivity contribution >= 4 is 29.0 Å². The molecule has 2 aromatic rings. The van der Waals surface area contributed by atoms with Crippen LogP contribution in [0.25, 0.3) is 0 Å². The number of hydrogen-bond acceptors (Lipinski definition) is 6. The number of carbonyl (C=O) groups excluding carboxylic acids is 1. The van der Waals surface area contributed by atoms with Crippen LogP contribution in [0.3, 0.4) is 0 Å². The molecule has 1 fully saturated rings. The van der Waals surface area contributed by atoms with E-state index in [0.29, 0.717) is 18.1 Å². The predicted molar refractivity (Wildman–Crippen MR) is 128 cm³/mol. The molecule has 1 aromatic heterocycles. The summed E-state index contributed by atoms with van der Waals surface area (Å²) in [6.07, 6.45) is 0.284. The molecule has 170 valence electrons. The average Bonchev–Trinajstić information content (AvgIpc) is 2.76. The maximum atomic E-state index is 13.1. The van der Waals surface area contributed by atoms with Gasteiger partial charge in [0, 0.05) is 61.1 Å². The number of carbonyl (C=O) groups is 1. The van der Waals surface area contributed by atoms with E-state index in [1.165, 1.54) is 0 Å². The highest BCUT2D eigenvalue weighted by Crippen LogP contribution is 2.24. The van der Waals surface area contributed by atoms with E-state index in [0.717, 1.165) is 54.8 Å². The maximum Gasteiger partial charge on any atom is 0.241 e. The summed E-state index contributed by atoms with van der Waals surface area (Å²) in [5, 5.41) is 9.70. The lowest BCUT2D eigenvalue weighted by atomic mass is 10.2. The van der Waals surface area contributed by atoms with Crippen LogP contribution in [0.5, 0.6) is 0 Å². The first-order valence-electron chi connectivity index (χ1n) is 11.0. The Morgan fingerprint density at radius 1 is 1.19 bits per heavy atom. The van der Waals surface area contributed by atoms with Crippen molar-refractivity contribution in [3.05, 3.63) is 46.4 Å². The number of nitrogens with zero attached hydrogens (tertiary/aromatic N) is 6. The van der Waals surface area contributed by atoms with Gasteiger partial charge in [0.2, 0.25) is 5.91 Å². The van der Waals surface area contributed by atoms with E-state index in [1.807, 2.05) is 32.0 Å². The zero-order valence-electron chi connectivity index (χ0n) is 19.3. The molecule has 0 bridgehead atoms. The van der Waals surface area contributed by atoms with Gasteiger partial charge in [-0.25, -0.2) is 9.97 Å². The van der Waals surface area contributed by atoms with Gasteiger partial charge in [0.05, 0.1) is 19.0 Å². The Labute approximate surface area is 195 Å². The van der Waals surface area contributed by atoms with Gasteiger partial charge in [-0.1, -0.05) is 25.4 Å². The van der Waals surface area contributed by atoms with E-state index in [-0.39, 0.29) is 18.2 Å². The van der Waals surface area contributed by atoms with Crippen LogP contribution in [0, 0.1) is 25.2 Å². The van der Waals surface area contributed by atoms with Crippen molar-refractivity contribution in [1.82, 2.24) is 14.9 Å². The molecule has 1 aliphatic rings. The third kappa shape index (κ3) is 5.96. The Bertz CT molecular complexity index is 994. The normalized spacial score (nSPS) is 14.5. The minimum atomic E-state index is -0.00426. The summed E-state index contributed by atoms with van der Waals surface area (Å²) in [7, 11) is 0. The Kier molecular flexibility index (Phi) is 8.05. The number of rotatable bonds is 7. The van der Waals surface area contributed by atoms with Crippen LogP contribution in [0.1, 0.15) is 43.3 Å². The molecule has 1 amide bonds. The third-order valence-corrected chi connectivity index (χ3v) is 6.06. The van der Waals surface area contributed by atoms with E-state index in [1.54, 1.807) is 11.0 Å². The highest BCUT2D eigenvalue weighted by molar-refractivity contribution is 6.31. The van der Waals surface area contributed by atoms with Crippen LogP contribution in [-0.4, -0.2) is 60.0 Å². The van der Waals surface area contributed by atoms with Gasteiger partial charge in [0.15, 0.2) is 0 Å². The molecule has 0 atom stereocenters. The fourth-order valence-electron chi connectivity index (χ4n) is 3.76. The average molecular weight is 455 g/mol. The molecular formula is C24H31ClN6O. The number of nitriles is 1. The molecule has 3 rings (SSSR count). The summed E-state index contributed by atoms with van der Waals surface area (Å²) < 4.78 is 0. The molecule has 1 aliphatic heterocycles. The Hall–Kier alpha value is -2.69. The van der Waals surface area contributed by atoms with Crippen molar-refractivity contribution in [2.45, 2.75) is 40.0 Å². The fourth-order valence-corrected chi connectivity index (χ4v) is 3.88. The molecular weight excluding hydrogens is 424 g/mol. The lowest BCUT2D eigenvalue weighted by Crippen LogP contribution is -2.50. The van der Waals surface area contributed by atoms with Crippen molar-refractivity contribution < 1.29 is 4.79 Å². The van der Waals surface area contributed by atoms with Crippen molar-refractivity contribution in [2.24, 2.45) is 0 Å². The summed E-state index contributed by atoms with van der Waals surface area (Å²) in [5.74, 6) is 2.10. The SMILES string of the molecule is Cc1cc(N2CCN(CC(=O)N(CCC#N)c3ccc(Cl)c(C)c3)CC2)nc(C(C)C)n1. The molecule has 7 nitrogen and oxygen atoms in total. The summed E-state index contributed by atoms with van der Waals surface area (Å²) >= 11 is 6.15. The van der Waals surface area contributed by atoms with Crippen molar-refractivity contribution in [1.29, 1.82) is 5.26 Å². The highest BCUT2D eigenvalue weighted by Gasteiger charge is 2.24. The van der Waals surface area contributed by atoms with E-state index in [4.69, 9.17) is 21.8 Å². The number of aromatic nitrogens is 2. The number of halogens is 1. The number of benzene rings is 1. The number of aryl methyl sites for hydroxylation is 2. The molecule has 1 saturated heterocycles. The van der Waals surface area contributed by atoms with E-state index >= 15 is 0 Å². The number of piperazine rings is 1. The Morgan fingerprint density at radius 3 is 2.53 bits per heavy atom. The topological polar surface area (TPSA) is 76.4 Å². The van der Waals surface area contributed by atoms with Gasteiger partial charge in [0.25, 0.3) is 0 Å². The van der Waals surface area contributed by atoms with Crippen molar-refractivity contribution in [3.8, 4) is 6.07 Å². The Morgan fingerprint density at radius 2 is 1.91 bits per heavy atom. The standard InChI is InChI=1S/C24H31ClN6O/c1-17(2)24-27-19(4)15-22(28-24)30-12-10-29(11-13-30)16-23(32)31(9-5-8-26)20-6-7-21(25)18(3)14-20/h6-7,14-15,17H,5,9-13,16H2,1-4H3. The predicted octanol–water partition coefficient (Wildman–Crippen LogP) is 3.94. The molecule has 0 unspecified atom stereocenters. The molecule has 0 spiro atoms. The monoisotopic (exact) mass is 454 g/mol. The number of amides is 1. The van der Waals surface area contributed by atoms with Crippen LogP contribution < -0.4 is 9.80 Å². The van der Waals surface area contributed by atoms with Crippen molar-refractivity contribution in [2.75, 3.05) is 49.1 Å². The highest BCUT2D eigenvalue weighted by atomic mass is 35.5. The second-order valence-electron chi connectivity index (χ2n) is 8.53. The lowest BCUT2D eigenvalue weighted by Gasteiger charge is -2.36. The molecule has 32 heavy (non-hydrogen) atoms. The van der Waals surface area contributed by atoms with Gasteiger partial charge >= 0.3 is 0 Å². The zero-order chi connectivity index (χ0) is 23.3.